The molecule has 8 heteroatoms. The second-order valence-electron chi connectivity index (χ2n) is 7.18. The van der Waals surface area contributed by atoms with Gasteiger partial charge < -0.3 is 10.5 Å². The zero-order valence-corrected chi connectivity index (χ0v) is 16.4. The van der Waals surface area contributed by atoms with E-state index in [1.807, 2.05) is 25.1 Å². The molecule has 0 aliphatic rings. The Hall–Kier alpha value is -3.78. The molecule has 0 bridgehead atoms. The van der Waals surface area contributed by atoms with Crippen LogP contribution in [-0.2, 0) is 6.42 Å². The fourth-order valence-electron chi connectivity index (χ4n) is 3.30. The molecule has 0 unspecified atom stereocenters. The van der Waals surface area contributed by atoms with E-state index in [0.29, 0.717) is 18.8 Å². The number of nitrogens with two attached hydrogens (primary N) is 1. The van der Waals surface area contributed by atoms with Crippen molar-refractivity contribution in [2.75, 3.05) is 6.61 Å². The van der Waals surface area contributed by atoms with E-state index >= 15 is 0 Å². The molecule has 1 atom stereocenters. The highest BCUT2D eigenvalue weighted by molar-refractivity contribution is 5.86. The fraction of sp³-hybridized carbons (Fsp3) is 0.182. The average Bonchev–Trinajstić information content (AvgIpc) is 3.13. The number of pyridine rings is 1. The molecule has 152 valence electrons. The lowest BCUT2D eigenvalue weighted by atomic mass is 10.0. The Morgan fingerprint density at radius 2 is 1.93 bits per heavy atom. The standard InChI is InChI=1S/C22H21N5O3/c1-14-21-10-16(4-7-22(21)26-25-14)17-9-20(12-24-11-17)30-13-18(23)8-15-2-5-19(6-3-15)27(28)29/h2-7,9-12,18H,8,13,23H2,1H3,(H,25,26)/t18-/m0/s1. The molecule has 0 saturated heterocycles. The second-order valence-corrected chi connectivity index (χ2v) is 7.18. The second kappa shape index (κ2) is 8.30. The van der Waals surface area contributed by atoms with Gasteiger partial charge in [0.25, 0.3) is 5.69 Å². The van der Waals surface area contributed by atoms with Gasteiger partial charge in [0.05, 0.1) is 22.3 Å². The number of hydrogen-bond donors (Lipinski definition) is 2. The van der Waals surface area contributed by atoms with Gasteiger partial charge in [0.15, 0.2) is 0 Å². The van der Waals surface area contributed by atoms with Gasteiger partial charge in [-0.3, -0.25) is 20.2 Å². The van der Waals surface area contributed by atoms with Crippen LogP contribution in [0.4, 0.5) is 5.69 Å². The van der Waals surface area contributed by atoms with Gasteiger partial charge in [0.2, 0.25) is 0 Å². The largest absolute Gasteiger partial charge is 0.490 e. The number of ether oxygens (including phenoxy) is 1. The maximum atomic E-state index is 10.7. The van der Waals surface area contributed by atoms with Gasteiger partial charge in [-0.1, -0.05) is 18.2 Å². The van der Waals surface area contributed by atoms with Crippen LogP contribution in [0.1, 0.15) is 11.3 Å². The van der Waals surface area contributed by atoms with E-state index < -0.39 is 4.92 Å². The number of hydrogen-bond acceptors (Lipinski definition) is 6. The van der Waals surface area contributed by atoms with Gasteiger partial charge in [-0.05, 0) is 42.7 Å². The van der Waals surface area contributed by atoms with E-state index in [1.165, 1.54) is 12.1 Å². The summed E-state index contributed by atoms with van der Waals surface area (Å²) in [5, 5.41) is 19.0. The maximum absolute atomic E-state index is 10.7. The first-order valence-corrected chi connectivity index (χ1v) is 9.51. The molecule has 2 heterocycles. The minimum atomic E-state index is -0.418. The summed E-state index contributed by atoms with van der Waals surface area (Å²) in [4.78, 5) is 14.6. The summed E-state index contributed by atoms with van der Waals surface area (Å²) in [6.45, 7) is 2.27. The van der Waals surface area contributed by atoms with Crippen LogP contribution < -0.4 is 10.5 Å². The third-order valence-corrected chi connectivity index (χ3v) is 4.91. The lowest BCUT2D eigenvalue weighted by Gasteiger charge is -2.14. The zero-order chi connectivity index (χ0) is 21.1. The van der Waals surface area contributed by atoms with Crippen molar-refractivity contribution in [1.29, 1.82) is 0 Å². The highest BCUT2D eigenvalue weighted by Gasteiger charge is 2.10. The number of rotatable bonds is 7. The van der Waals surface area contributed by atoms with Crippen LogP contribution in [0.2, 0.25) is 0 Å². The van der Waals surface area contributed by atoms with Crippen molar-refractivity contribution < 1.29 is 9.66 Å². The Labute approximate surface area is 172 Å². The highest BCUT2D eigenvalue weighted by Crippen LogP contribution is 2.27. The SMILES string of the molecule is Cc1n[nH]c2ccc(-c3cncc(OC[C@@H](N)Cc4ccc([N+](=O)[O-])cc4)c3)cc12. The number of nitro groups is 1. The van der Waals surface area contributed by atoms with Crippen LogP contribution in [0.25, 0.3) is 22.0 Å². The van der Waals surface area contributed by atoms with Gasteiger partial charge in [0.1, 0.15) is 12.4 Å². The number of nitro benzene ring substituents is 1. The predicted molar refractivity (Wildman–Crippen MR) is 114 cm³/mol. The summed E-state index contributed by atoms with van der Waals surface area (Å²) in [5.41, 5.74) is 11.1. The molecule has 0 aliphatic heterocycles. The Kier molecular flexibility index (Phi) is 5.40. The van der Waals surface area contributed by atoms with Gasteiger partial charge in [0, 0.05) is 35.3 Å². The molecular formula is C22H21N5O3. The van der Waals surface area contributed by atoms with Gasteiger partial charge in [-0.2, -0.15) is 5.10 Å². The predicted octanol–water partition coefficient (Wildman–Crippen LogP) is 3.79. The molecule has 30 heavy (non-hydrogen) atoms. The summed E-state index contributed by atoms with van der Waals surface area (Å²) in [5.74, 6) is 0.635. The zero-order valence-electron chi connectivity index (χ0n) is 16.4. The summed E-state index contributed by atoms with van der Waals surface area (Å²) < 4.78 is 5.85. The number of H-pyrrole nitrogens is 1. The van der Waals surface area contributed by atoms with Crippen LogP contribution in [0, 0.1) is 17.0 Å². The fourth-order valence-corrected chi connectivity index (χ4v) is 3.30. The van der Waals surface area contributed by atoms with Crippen LogP contribution in [0.15, 0.2) is 60.9 Å². The van der Waals surface area contributed by atoms with Gasteiger partial charge in [-0.15, -0.1) is 0 Å². The lowest BCUT2D eigenvalue weighted by molar-refractivity contribution is -0.384. The molecule has 0 spiro atoms. The van der Waals surface area contributed by atoms with Crippen molar-refractivity contribution in [3.63, 3.8) is 0 Å². The molecule has 2 aromatic carbocycles. The number of benzene rings is 2. The third kappa shape index (κ3) is 4.28. The molecule has 8 nitrogen and oxygen atoms in total. The average molecular weight is 403 g/mol. The smallest absolute Gasteiger partial charge is 0.269 e. The Morgan fingerprint density at radius 1 is 1.13 bits per heavy atom. The van der Waals surface area contributed by atoms with Crippen LogP contribution in [0.3, 0.4) is 0 Å². The van der Waals surface area contributed by atoms with E-state index in [9.17, 15) is 10.1 Å². The molecular weight excluding hydrogens is 382 g/mol. The molecule has 0 amide bonds. The summed E-state index contributed by atoms with van der Waals surface area (Å²) >= 11 is 0. The molecule has 0 saturated carbocycles. The first-order chi connectivity index (χ1) is 14.5. The van der Waals surface area contributed by atoms with E-state index in [1.54, 1.807) is 24.5 Å². The topological polar surface area (TPSA) is 120 Å². The minimum Gasteiger partial charge on any atom is -0.490 e. The van der Waals surface area contributed by atoms with Crippen LogP contribution in [-0.4, -0.2) is 32.8 Å². The number of aromatic nitrogens is 3. The number of nitrogens with one attached hydrogen (secondary N) is 1. The summed E-state index contributed by atoms with van der Waals surface area (Å²) in [7, 11) is 0. The molecule has 0 radical (unpaired) electrons. The van der Waals surface area contributed by atoms with Crippen molar-refractivity contribution in [2.45, 2.75) is 19.4 Å². The van der Waals surface area contributed by atoms with Gasteiger partial charge >= 0.3 is 0 Å². The highest BCUT2D eigenvalue weighted by atomic mass is 16.6. The van der Waals surface area contributed by atoms with Gasteiger partial charge in [-0.25, -0.2) is 0 Å². The quantitative estimate of drug-likeness (QED) is 0.358. The molecule has 3 N–H and O–H groups in total. The third-order valence-electron chi connectivity index (χ3n) is 4.91. The lowest BCUT2D eigenvalue weighted by Crippen LogP contribution is -2.30. The van der Waals surface area contributed by atoms with E-state index in [4.69, 9.17) is 10.5 Å². The normalized spacial score (nSPS) is 12.1. The van der Waals surface area contributed by atoms with Crippen molar-refractivity contribution in [2.24, 2.45) is 5.73 Å². The summed E-state index contributed by atoms with van der Waals surface area (Å²) in [6, 6.07) is 14.2. The van der Waals surface area contributed by atoms with E-state index in [0.717, 1.165) is 33.3 Å². The molecule has 4 rings (SSSR count). The van der Waals surface area contributed by atoms with E-state index in [-0.39, 0.29) is 11.7 Å². The Morgan fingerprint density at radius 3 is 2.70 bits per heavy atom. The first kappa shape index (κ1) is 19.5. The molecule has 4 aromatic rings. The Balaban J connectivity index is 1.41. The van der Waals surface area contributed by atoms with Crippen molar-refractivity contribution in [1.82, 2.24) is 15.2 Å². The number of aromatic amines is 1. The van der Waals surface area contributed by atoms with Crippen molar-refractivity contribution >= 4 is 16.6 Å². The monoisotopic (exact) mass is 403 g/mol. The number of nitrogens with zero attached hydrogens (tertiary/aromatic N) is 3. The minimum absolute atomic E-state index is 0.0651. The summed E-state index contributed by atoms with van der Waals surface area (Å²) in [6.07, 6.45) is 4.01. The van der Waals surface area contributed by atoms with Crippen molar-refractivity contribution in [3.8, 4) is 16.9 Å². The molecule has 0 aliphatic carbocycles. The number of aryl methyl sites for hydroxylation is 1. The maximum Gasteiger partial charge on any atom is 0.269 e. The number of non-ortho nitro benzene ring substituents is 1. The molecule has 0 fully saturated rings. The molecule has 2 aromatic heterocycles. The van der Waals surface area contributed by atoms with Crippen LogP contribution >= 0.6 is 0 Å². The van der Waals surface area contributed by atoms with Crippen LogP contribution in [0.5, 0.6) is 5.75 Å². The van der Waals surface area contributed by atoms with E-state index in [2.05, 4.69) is 21.2 Å². The van der Waals surface area contributed by atoms with Crippen molar-refractivity contribution in [3.05, 3.63) is 82.3 Å². The first-order valence-electron chi connectivity index (χ1n) is 9.51. The Bertz CT molecular complexity index is 1190. The number of fused-ring (bicyclic) bond motifs is 1.